The highest BCUT2D eigenvalue weighted by Crippen LogP contribution is 2.20. The fourth-order valence-electron chi connectivity index (χ4n) is 2.23. The molecular weight excluding hydrogens is 222 g/mol. The largest absolute Gasteiger partial charge is 0.330 e. The van der Waals surface area contributed by atoms with Gasteiger partial charge in [0.2, 0.25) is 0 Å². The molecular formula is C15H21N3. The van der Waals surface area contributed by atoms with Crippen LogP contribution in [0.1, 0.15) is 43.6 Å². The van der Waals surface area contributed by atoms with Gasteiger partial charge in [-0.25, -0.2) is 4.98 Å². The first-order valence-electron chi connectivity index (χ1n) is 6.53. The molecule has 0 amide bonds. The molecule has 0 bridgehead atoms. The van der Waals surface area contributed by atoms with Crippen LogP contribution in [0.5, 0.6) is 0 Å². The van der Waals surface area contributed by atoms with E-state index in [0.29, 0.717) is 6.04 Å². The van der Waals surface area contributed by atoms with Gasteiger partial charge in [0.05, 0.1) is 12.0 Å². The molecule has 0 spiro atoms. The monoisotopic (exact) mass is 243 g/mol. The van der Waals surface area contributed by atoms with Gasteiger partial charge in [-0.2, -0.15) is 0 Å². The van der Waals surface area contributed by atoms with Crippen molar-refractivity contribution in [2.24, 2.45) is 5.73 Å². The van der Waals surface area contributed by atoms with Gasteiger partial charge in [0.1, 0.15) is 0 Å². The minimum absolute atomic E-state index is 0.0747. The summed E-state index contributed by atoms with van der Waals surface area (Å²) >= 11 is 0. The lowest BCUT2D eigenvalue weighted by Gasteiger charge is -2.19. The maximum Gasteiger partial charge on any atom is 0.0951 e. The smallest absolute Gasteiger partial charge is 0.0951 e. The molecule has 0 aliphatic rings. The molecule has 18 heavy (non-hydrogen) atoms. The van der Waals surface area contributed by atoms with Crippen LogP contribution in [0.3, 0.4) is 0 Å². The summed E-state index contributed by atoms with van der Waals surface area (Å²) in [5.41, 5.74) is 8.58. The van der Waals surface area contributed by atoms with Gasteiger partial charge >= 0.3 is 0 Å². The summed E-state index contributed by atoms with van der Waals surface area (Å²) in [4.78, 5) is 4.24. The van der Waals surface area contributed by atoms with Crippen molar-refractivity contribution in [3.05, 3.63) is 54.1 Å². The molecule has 1 aromatic carbocycles. The number of nitrogens with two attached hydrogens (primary N) is 1. The third kappa shape index (κ3) is 2.79. The lowest BCUT2D eigenvalue weighted by atomic mass is 10.1. The zero-order chi connectivity index (χ0) is 13.0. The van der Waals surface area contributed by atoms with Crippen molar-refractivity contribution in [3.63, 3.8) is 0 Å². The Hall–Kier alpha value is -1.61. The second-order valence-electron chi connectivity index (χ2n) is 4.78. The van der Waals surface area contributed by atoms with Crippen LogP contribution in [-0.2, 0) is 6.42 Å². The van der Waals surface area contributed by atoms with Crippen LogP contribution in [0.15, 0.2) is 42.9 Å². The van der Waals surface area contributed by atoms with E-state index in [4.69, 9.17) is 5.73 Å². The summed E-state index contributed by atoms with van der Waals surface area (Å²) in [6.07, 6.45) is 5.71. The molecule has 96 valence electrons. The van der Waals surface area contributed by atoms with Gasteiger partial charge in [-0.3, -0.25) is 0 Å². The lowest BCUT2D eigenvalue weighted by molar-refractivity contribution is 0.499. The summed E-state index contributed by atoms with van der Waals surface area (Å²) in [5.74, 6) is 0. The first-order valence-corrected chi connectivity index (χ1v) is 6.53. The maximum atomic E-state index is 6.11. The summed E-state index contributed by atoms with van der Waals surface area (Å²) in [5, 5.41) is 0. The fraction of sp³-hybridized carbons (Fsp3) is 0.400. The van der Waals surface area contributed by atoms with Gasteiger partial charge in [-0.05, 0) is 25.3 Å². The van der Waals surface area contributed by atoms with E-state index in [9.17, 15) is 0 Å². The molecule has 0 fully saturated rings. The van der Waals surface area contributed by atoms with Crippen molar-refractivity contribution < 1.29 is 0 Å². The van der Waals surface area contributed by atoms with Gasteiger partial charge < -0.3 is 10.3 Å². The van der Waals surface area contributed by atoms with Crippen LogP contribution in [-0.4, -0.2) is 9.55 Å². The van der Waals surface area contributed by atoms with E-state index in [-0.39, 0.29) is 6.04 Å². The SMILES string of the molecule is CC[C@@H](N)c1cncn1C(C)Cc1ccccc1. The second kappa shape index (κ2) is 5.83. The number of hydrogen-bond acceptors (Lipinski definition) is 2. The van der Waals surface area contributed by atoms with Crippen LogP contribution in [0.2, 0.25) is 0 Å². The van der Waals surface area contributed by atoms with E-state index < -0.39 is 0 Å². The summed E-state index contributed by atoms with van der Waals surface area (Å²) < 4.78 is 2.20. The first-order chi connectivity index (χ1) is 8.72. The maximum absolute atomic E-state index is 6.11. The van der Waals surface area contributed by atoms with Crippen LogP contribution in [0.25, 0.3) is 0 Å². The predicted octanol–water partition coefficient (Wildman–Crippen LogP) is 3.10. The van der Waals surface area contributed by atoms with Crippen molar-refractivity contribution in [1.29, 1.82) is 0 Å². The molecule has 1 aromatic heterocycles. The minimum Gasteiger partial charge on any atom is -0.330 e. The minimum atomic E-state index is 0.0747. The Morgan fingerprint density at radius 2 is 2.00 bits per heavy atom. The summed E-state index contributed by atoms with van der Waals surface area (Å²) in [6, 6.07) is 11.0. The summed E-state index contributed by atoms with van der Waals surface area (Å²) in [6.45, 7) is 4.31. The number of nitrogens with zero attached hydrogens (tertiary/aromatic N) is 2. The number of imidazole rings is 1. The molecule has 0 saturated carbocycles. The van der Waals surface area contributed by atoms with Crippen molar-refractivity contribution in [3.8, 4) is 0 Å². The molecule has 2 atom stereocenters. The van der Waals surface area contributed by atoms with Crippen LogP contribution >= 0.6 is 0 Å². The Morgan fingerprint density at radius 3 is 2.67 bits per heavy atom. The van der Waals surface area contributed by atoms with Crippen molar-refractivity contribution >= 4 is 0 Å². The van der Waals surface area contributed by atoms with Gasteiger partial charge in [-0.1, -0.05) is 37.3 Å². The average molecular weight is 243 g/mol. The van der Waals surface area contributed by atoms with Crippen molar-refractivity contribution in [2.45, 2.75) is 38.8 Å². The molecule has 3 nitrogen and oxygen atoms in total. The highest BCUT2D eigenvalue weighted by molar-refractivity contribution is 5.16. The Balaban J connectivity index is 2.14. The predicted molar refractivity (Wildman–Crippen MR) is 74.3 cm³/mol. The Kier molecular flexibility index (Phi) is 4.15. The number of benzene rings is 1. The third-order valence-corrected chi connectivity index (χ3v) is 3.36. The third-order valence-electron chi connectivity index (χ3n) is 3.36. The van der Waals surface area contributed by atoms with E-state index in [1.54, 1.807) is 0 Å². The van der Waals surface area contributed by atoms with E-state index in [1.807, 2.05) is 18.6 Å². The van der Waals surface area contributed by atoms with Gasteiger partial charge in [-0.15, -0.1) is 0 Å². The Morgan fingerprint density at radius 1 is 1.28 bits per heavy atom. The quantitative estimate of drug-likeness (QED) is 0.877. The molecule has 3 heteroatoms. The summed E-state index contributed by atoms with van der Waals surface area (Å²) in [7, 11) is 0. The highest BCUT2D eigenvalue weighted by atomic mass is 15.1. The Labute approximate surface area is 109 Å². The molecule has 1 heterocycles. The van der Waals surface area contributed by atoms with Crippen molar-refractivity contribution in [2.75, 3.05) is 0 Å². The second-order valence-corrected chi connectivity index (χ2v) is 4.78. The van der Waals surface area contributed by atoms with Crippen LogP contribution in [0, 0.1) is 0 Å². The average Bonchev–Trinajstić information content (AvgIpc) is 2.88. The zero-order valence-corrected chi connectivity index (χ0v) is 11.1. The van der Waals surface area contributed by atoms with Crippen molar-refractivity contribution in [1.82, 2.24) is 9.55 Å². The normalized spacial score (nSPS) is 14.4. The number of aromatic nitrogens is 2. The van der Waals surface area contributed by atoms with E-state index in [2.05, 4.69) is 47.7 Å². The van der Waals surface area contributed by atoms with Gasteiger partial charge in [0, 0.05) is 18.3 Å². The molecule has 2 rings (SSSR count). The van der Waals surface area contributed by atoms with E-state index in [0.717, 1.165) is 18.5 Å². The molecule has 0 radical (unpaired) electrons. The molecule has 0 aliphatic carbocycles. The molecule has 2 aromatic rings. The molecule has 1 unspecified atom stereocenters. The topological polar surface area (TPSA) is 43.8 Å². The first kappa shape index (κ1) is 12.8. The Bertz CT molecular complexity index is 475. The van der Waals surface area contributed by atoms with Crippen LogP contribution in [0.4, 0.5) is 0 Å². The molecule has 2 N–H and O–H groups in total. The van der Waals surface area contributed by atoms with Crippen LogP contribution < -0.4 is 5.73 Å². The standard InChI is InChI=1S/C15H21N3/c1-3-14(16)15-10-17-11-18(15)12(2)9-13-7-5-4-6-8-13/h4-8,10-12,14H,3,9,16H2,1-2H3/t12?,14-/m1/s1. The number of hydrogen-bond donors (Lipinski definition) is 1. The van der Waals surface area contributed by atoms with Gasteiger partial charge in [0.15, 0.2) is 0 Å². The fourth-order valence-corrected chi connectivity index (χ4v) is 2.23. The molecule has 0 saturated heterocycles. The number of rotatable bonds is 5. The van der Waals surface area contributed by atoms with E-state index >= 15 is 0 Å². The van der Waals surface area contributed by atoms with E-state index in [1.165, 1.54) is 5.56 Å². The highest BCUT2D eigenvalue weighted by Gasteiger charge is 2.14. The van der Waals surface area contributed by atoms with Gasteiger partial charge in [0.25, 0.3) is 0 Å². The molecule has 0 aliphatic heterocycles. The zero-order valence-electron chi connectivity index (χ0n) is 11.1. The lowest BCUT2D eigenvalue weighted by Crippen LogP contribution is -2.17.